The largest absolute Gasteiger partial charge is 0.397 e. The minimum Gasteiger partial charge on any atom is -0.397 e. The highest BCUT2D eigenvalue weighted by Crippen LogP contribution is 2.27. The second kappa shape index (κ2) is 5.63. The van der Waals surface area contributed by atoms with Crippen LogP contribution in [-0.2, 0) is 6.54 Å². The maximum atomic E-state index is 6.01. The lowest BCUT2D eigenvalue weighted by Gasteiger charge is -2.12. The van der Waals surface area contributed by atoms with E-state index in [2.05, 4.69) is 27.3 Å². The fourth-order valence-corrected chi connectivity index (χ4v) is 2.28. The molecule has 0 aliphatic heterocycles. The molecular weight excluding hydrogens is 312 g/mol. The van der Waals surface area contributed by atoms with Crippen molar-refractivity contribution < 1.29 is 0 Å². The summed E-state index contributed by atoms with van der Waals surface area (Å²) >= 11 is 9.54. The highest BCUT2D eigenvalue weighted by atomic mass is 79.9. The molecule has 3 N–H and O–H groups in total. The Bertz CT molecular complexity index is 570. The van der Waals surface area contributed by atoms with E-state index in [9.17, 15) is 0 Å². The minimum atomic E-state index is 0.664. The van der Waals surface area contributed by atoms with Gasteiger partial charge in [-0.05, 0) is 36.2 Å². The van der Waals surface area contributed by atoms with Gasteiger partial charge in [0.25, 0.3) is 0 Å². The molecule has 2 rings (SSSR count). The van der Waals surface area contributed by atoms with Crippen LogP contribution in [0.5, 0.6) is 0 Å². The summed E-state index contributed by atoms with van der Waals surface area (Å²) in [6, 6.07) is 11.8. The molecule has 0 saturated heterocycles. The molecule has 0 bridgehead atoms. The number of nitrogens with one attached hydrogen (secondary N) is 1. The SMILES string of the molecule is Cc1cc(NCc2ccccc2Br)c(N)cc1Cl. The van der Waals surface area contributed by atoms with Crippen molar-refractivity contribution >= 4 is 38.9 Å². The predicted octanol–water partition coefficient (Wildman–Crippen LogP) is 4.61. The number of rotatable bonds is 3. The van der Waals surface area contributed by atoms with Gasteiger partial charge in [0.15, 0.2) is 0 Å². The maximum absolute atomic E-state index is 6.01. The molecule has 4 heteroatoms. The average Bonchev–Trinajstić information content (AvgIpc) is 2.34. The van der Waals surface area contributed by atoms with E-state index in [-0.39, 0.29) is 0 Å². The summed E-state index contributed by atoms with van der Waals surface area (Å²) in [5.41, 5.74) is 9.71. The Hall–Kier alpha value is -1.19. The van der Waals surface area contributed by atoms with Crippen LogP contribution < -0.4 is 11.1 Å². The topological polar surface area (TPSA) is 38.0 Å². The lowest BCUT2D eigenvalue weighted by atomic mass is 10.1. The Labute approximate surface area is 120 Å². The molecule has 2 nitrogen and oxygen atoms in total. The molecule has 0 spiro atoms. The van der Waals surface area contributed by atoms with E-state index in [0.717, 1.165) is 15.7 Å². The Morgan fingerprint density at radius 3 is 2.72 bits per heavy atom. The molecule has 18 heavy (non-hydrogen) atoms. The van der Waals surface area contributed by atoms with Crippen molar-refractivity contribution in [3.05, 3.63) is 57.0 Å². The van der Waals surface area contributed by atoms with Crippen LogP contribution in [0.4, 0.5) is 11.4 Å². The van der Waals surface area contributed by atoms with E-state index >= 15 is 0 Å². The number of hydrogen-bond acceptors (Lipinski definition) is 2. The number of halogens is 2. The van der Waals surface area contributed by atoms with E-state index < -0.39 is 0 Å². The summed E-state index contributed by atoms with van der Waals surface area (Å²) in [7, 11) is 0. The third-order valence-electron chi connectivity index (χ3n) is 2.76. The van der Waals surface area contributed by atoms with Crippen molar-refractivity contribution in [3.63, 3.8) is 0 Å². The highest BCUT2D eigenvalue weighted by Gasteiger charge is 2.04. The number of nitrogen functional groups attached to an aromatic ring is 1. The Morgan fingerprint density at radius 1 is 1.28 bits per heavy atom. The zero-order valence-corrected chi connectivity index (χ0v) is 12.3. The van der Waals surface area contributed by atoms with Crippen LogP contribution in [0.3, 0.4) is 0 Å². The maximum Gasteiger partial charge on any atom is 0.0580 e. The Balaban J connectivity index is 2.16. The predicted molar refractivity (Wildman–Crippen MR) is 82.1 cm³/mol. The second-order valence-corrected chi connectivity index (χ2v) is 5.40. The number of nitrogens with two attached hydrogens (primary N) is 1. The van der Waals surface area contributed by atoms with Gasteiger partial charge >= 0.3 is 0 Å². The average molecular weight is 326 g/mol. The van der Waals surface area contributed by atoms with Crippen molar-refractivity contribution in [3.8, 4) is 0 Å². The first-order chi connectivity index (χ1) is 8.58. The first-order valence-electron chi connectivity index (χ1n) is 5.61. The lowest BCUT2D eigenvalue weighted by Crippen LogP contribution is -2.03. The van der Waals surface area contributed by atoms with Crippen molar-refractivity contribution in [2.24, 2.45) is 0 Å². The molecule has 0 unspecified atom stereocenters. The van der Waals surface area contributed by atoms with Gasteiger partial charge in [-0.3, -0.25) is 0 Å². The molecule has 0 aliphatic rings. The zero-order chi connectivity index (χ0) is 13.1. The van der Waals surface area contributed by atoms with Crippen molar-refractivity contribution in [1.29, 1.82) is 0 Å². The Morgan fingerprint density at radius 2 is 2.00 bits per heavy atom. The molecule has 94 valence electrons. The van der Waals surface area contributed by atoms with Gasteiger partial charge in [0.05, 0.1) is 11.4 Å². The van der Waals surface area contributed by atoms with Crippen LogP contribution in [0.15, 0.2) is 40.9 Å². The van der Waals surface area contributed by atoms with E-state index in [1.165, 1.54) is 5.56 Å². The quantitative estimate of drug-likeness (QED) is 0.809. The number of hydrogen-bond donors (Lipinski definition) is 2. The van der Waals surface area contributed by atoms with Crippen LogP contribution >= 0.6 is 27.5 Å². The number of benzene rings is 2. The fourth-order valence-electron chi connectivity index (χ4n) is 1.68. The van der Waals surface area contributed by atoms with Crippen LogP contribution in [0, 0.1) is 6.92 Å². The molecule has 0 saturated carbocycles. The third kappa shape index (κ3) is 2.98. The van der Waals surface area contributed by atoms with E-state index in [1.807, 2.05) is 31.2 Å². The number of aryl methyl sites for hydroxylation is 1. The molecule has 0 atom stereocenters. The molecule has 0 fully saturated rings. The summed E-state index contributed by atoms with van der Waals surface area (Å²) in [5.74, 6) is 0. The van der Waals surface area contributed by atoms with Gasteiger partial charge in [-0.15, -0.1) is 0 Å². The lowest BCUT2D eigenvalue weighted by molar-refractivity contribution is 1.14. The van der Waals surface area contributed by atoms with Crippen LogP contribution in [0.25, 0.3) is 0 Å². The van der Waals surface area contributed by atoms with Crippen LogP contribution in [0.1, 0.15) is 11.1 Å². The molecular formula is C14H14BrClN2. The summed E-state index contributed by atoms with van der Waals surface area (Å²) in [5, 5.41) is 4.02. The van der Waals surface area contributed by atoms with Gasteiger partial charge in [-0.25, -0.2) is 0 Å². The second-order valence-electron chi connectivity index (χ2n) is 4.13. The van der Waals surface area contributed by atoms with Crippen molar-refractivity contribution in [2.75, 3.05) is 11.1 Å². The van der Waals surface area contributed by atoms with Gasteiger partial charge < -0.3 is 11.1 Å². The zero-order valence-electron chi connectivity index (χ0n) is 10.0. The summed E-state index contributed by atoms with van der Waals surface area (Å²) in [6.45, 7) is 2.68. The van der Waals surface area contributed by atoms with Gasteiger partial charge in [-0.2, -0.15) is 0 Å². The molecule has 0 radical (unpaired) electrons. The highest BCUT2D eigenvalue weighted by molar-refractivity contribution is 9.10. The molecule has 2 aromatic rings. The molecule has 0 heterocycles. The van der Waals surface area contributed by atoms with Gasteiger partial charge in [-0.1, -0.05) is 45.7 Å². The van der Waals surface area contributed by atoms with E-state index in [4.69, 9.17) is 17.3 Å². The third-order valence-corrected chi connectivity index (χ3v) is 3.94. The minimum absolute atomic E-state index is 0.664. The van der Waals surface area contributed by atoms with Crippen molar-refractivity contribution in [2.45, 2.75) is 13.5 Å². The van der Waals surface area contributed by atoms with Gasteiger partial charge in [0.1, 0.15) is 0 Å². The van der Waals surface area contributed by atoms with Crippen LogP contribution in [0.2, 0.25) is 5.02 Å². The molecule has 0 amide bonds. The van der Waals surface area contributed by atoms with E-state index in [0.29, 0.717) is 17.3 Å². The van der Waals surface area contributed by atoms with Crippen LogP contribution in [-0.4, -0.2) is 0 Å². The number of anilines is 2. The molecule has 0 aromatic heterocycles. The first-order valence-corrected chi connectivity index (χ1v) is 6.78. The van der Waals surface area contributed by atoms with E-state index in [1.54, 1.807) is 6.07 Å². The standard InChI is InChI=1S/C14H14BrClN2/c1-9-6-14(13(17)7-12(9)16)18-8-10-4-2-3-5-11(10)15/h2-7,18H,8,17H2,1H3. The monoisotopic (exact) mass is 324 g/mol. The molecule has 2 aromatic carbocycles. The van der Waals surface area contributed by atoms with Crippen molar-refractivity contribution in [1.82, 2.24) is 0 Å². The summed E-state index contributed by atoms with van der Waals surface area (Å²) in [6.07, 6.45) is 0. The summed E-state index contributed by atoms with van der Waals surface area (Å²) < 4.78 is 1.08. The first kappa shape index (κ1) is 13.2. The normalized spacial score (nSPS) is 10.4. The van der Waals surface area contributed by atoms with Gasteiger partial charge in [0, 0.05) is 16.0 Å². The van der Waals surface area contributed by atoms with Gasteiger partial charge in [0.2, 0.25) is 0 Å². The fraction of sp³-hybridized carbons (Fsp3) is 0.143. The Kier molecular flexibility index (Phi) is 4.15. The summed E-state index contributed by atoms with van der Waals surface area (Å²) in [4.78, 5) is 0. The smallest absolute Gasteiger partial charge is 0.0580 e. The molecule has 0 aliphatic carbocycles.